The third kappa shape index (κ3) is 6.51. The quantitative estimate of drug-likeness (QED) is 0.338. The molecule has 0 saturated carbocycles. The second-order valence-corrected chi connectivity index (χ2v) is 9.72. The molecule has 0 spiro atoms. The first-order valence-electron chi connectivity index (χ1n) is 11.8. The van der Waals surface area contributed by atoms with Crippen LogP contribution in [0.2, 0.25) is 5.02 Å². The molecule has 0 aromatic heterocycles. The third-order valence-corrected chi connectivity index (χ3v) is 6.96. The van der Waals surface area contributed by atoms with E-state index in [1.165, 1.54) is 16.8 Å². The number of nitrogens with zero attached hydrogens (tertiary/aromatic N) is 3. The molecule has 3 aromatic rings. The van der Waals surface area contributed by atoms with E-state index in [4.69, 9.17) is 11.6 Å². The van der Waals surface area contributed by atoms with E-state index in [0.29, 0.717) is 28.1 Å². The lowest BCUT2D eigenvalue weighted by Crippen LogP contribution is -2.34. The van der Waals surface area contributed by atoms with Crippen LogP contribution in [0.5, 0.6) is 0 Å². The highest BCUT2D eigenvalue weighted by molar-refractivity contribution is 7.82. The number of amides is 3. The summed E-state index contributed by atoms with van der Waals surface area (Å²) < 4.78 is 1.20. The predicted octanol–water partition coefficient (Wildman–Crippen LogP) is 5.89. The van der Waals surface area contributed by atoms with Crippen molar-refractivity contribution in [1.82, 2.24) is 4.90 Å². The SMILES string of the molecule is CC(=O)Nc1ccc(N(S)C(=O)Nc2ccc(N(C)C3CCN(Cc4ccccc4)C3)c(Cl)c2)cc1. The summed E-state index contributed by atoms with van der Waals surface area (Å²) in [6, 6.07) is 22.8. The Hall–Kier alpha value is -3.20. The second-order valence-electron chi connectivity index (χ2n) is 8.91. The number of anilines is 4. The molecule has 1 fully saturated rings. The number of carbonyl (C=O) groups is 2. The van der Waals surface area contributed by atoms with Gasteiger partial charge in [-0.2, -0.15) is 0 Å². The standard InChI is InChI=1S/C27H30ClN5O2S/c1-19(34)29-21-8-11-23(12-9-21)33(36)27(35)30-22-10-13-26(25(28)16-22)31(2)24-14-15-32(18-24)17-20-6-4-3-5-7-20/h3-13,16,24,36H,14-15,17-18H2,1-2H3,(H,29,34)(H,30,35). The maximum Gasteiger partial charge on any atom is 0.336 e. The van der Waals surface area contributed by atoms with Gasteiger partial charge in [0.2, 0.25) is 5.91 Å². The summed E-state index contributed by atoms with van der Waals surface area (Å²) in [5.74, 6) is -0.161. The van der Waals surface area contributed by atoms with E-state index in [1.54, 1.807) is 30.3 Å². The number of urea groups is 1. The Morgan fingerprint density at radius 2 is 1.72 bits per heavy atom. The maximum absolute atomic E-state index is 12.7. The van der Waals surface area contributed by atoms with Crippen LogP contribution >= 0.6 is 24.4 Å². The first kappa shape index (κ1) is 25.9. The molecule has 1 saturated heterocycles. The molecule has 3 amide bonds. The van der Waals surface area contributed by atoms with Crippen molar-refractivity contribution in [3.63, 3.8) is 0 Å². The predicted molar refractivity (Wildman–Crippen MR) is 151 cm³/mol. The Labute approximate surface area is 222 Å². The van der Waals surface area contributed by atoms with Crippen LogP contribution in [0, 0.1) is 0 Å². The van der Waals surface area contributed by atoms with Gasteiger partial charge in [-0.3, -0.25) is 9.69 Å². The van der Waals surface area contributed by atoms with Gasteiger partial charge >= 0.3 is 6.03 Å². The molecule has 0 radical (unpaired) electrons. The minimum atomic E-state index is -0.421. The summed E-state index contributed by atoms with van der Waals surface area (Å²) in [6.45, 7) is 4.39. The highest BCUT2D eigenvalue weighted by Crippen LogP contribution is 2.32. The van der Waals surface area contributed by atoms with Gasteiger partial charge in [0, 0.05) is 51.0 Å². The molecule has 36 heavy (non-hydrogen) atoms. The van der Waals surface area contributed by atoms with E-state index in [0.717, 1.165) is 31.7 Å². The van der Waals surface area contributed by atoms with Gasteiger partial charge in [-0.05, 0) is 54.4 Å². The van der Waals surface area contributed by atoms with Crippen molar-refractivity contribution in [2.24, 2.45) is 0 Å². The number of hydrogen-bond acceptors (Lipinski definition) is 5. The summed E-state index contributed by atoms with van der Waals surface area (Å²) >= 11 is 11.0. The number of carbonyl (C=O) groups excluding carboxylic acids is 2. The van der Waals surface area contributed by atoms with Crippen LogP contribution in [0.15, 0.2) is 72.8 Å². The van der Waals surface area contributed by atoms with Crippen LogP contribution in [0.3, 0.4) is 0 Å². The van der Waals surface area contributed by atoms with Crippen LogP contribution in [0.1, 0.15) is 18.9 Å². The smallest absolute Gasteiger partial charge is 0.336 e. The van der Waals surface area contributed by atoms with Crippen molar-refractivity contribution >= 4 is 59.1 Å². The van der Waals surface area contributed by atoms with E-state index in [1.807, 2.05) is 18.2 Å². The van der Waals surface area contributed by atoms with Crippen molar-refractivity contribution in [2.75, 3.05) is 40.0 Å². The van der Waals surface area contributed by atoms with Crippen LogP contribution in [-0.4, -0.2) is 43.0 Å². The van der Waals surface area contributed by atoms with Crippen molar-refractivity contribution in [3.05, 3.63) is 83.4 Å². The molecule has 9 heteroatoms. The summed E-state index contributed by atoms with van der Waals surface area (Å²) in [5.41, 5.74) is 4.03. The number of likely N-dealkylation sites (tertiary alicyclic amines) is 1. The van der Waals surface area contributed by atoms with Gasteiger partial charge in [0.1, 0.15) is 0 Å². The van der Waals surface area contributed by atoms with E-state index in [2.05, 4.69) is 64.6 Å². The highest BCUT2D eigenvalue weighted by Gasteiger charge is 2.27. The van der Waals surface area contributed by atoms with Crippen molar-refractivity contribution in [1.29, 1.82) is 0 Å². The van der Waals surface area contributed by atoms with Crippen LogP contribution in [0.25, 0.3) is 0 Å². The Bertz CT molecular complexity index is 1210. The van der Waals surface area contributed by atoms with Crippen molar-refractivity contribution in [2.45, 2.75) is 25.9 Å². The highest BCUT2D eigenvalue weighted by atomic mass is 35.5. The number of likely N-dealkylation sites (N-methyl/N-ethyl adjacent to an activating group) is 1. The Morgan fingerprint density at radius 3 is 2.39 bits per heavy atom. The zero-order chi connectivity index (χ0) is 25.7. The molecular weight excluding hydrogens is 494 g/mol. The number of rotatable bonds is 7. The van der Waals surface area contributed by atoms with Gasteiger partial charge in [-0.1, -0.05) is 54.7 Å². The summed E-state index contributed by atoms with van der Waals surface area (Å²) in [7, 11) is 2.07. The van der Waals surface area contributed by atoms with Crippen LogP contribution in [-0.2, 0) is 11.3 Å². The second kappa shape index (κ2) is 11.7. The molecule has 1 atom stereocenters. The van der Waals surface area contributed by atoms with Gasteiger partial charge in [-0.15, -0.1) is 0 Å². The Balaban J connectivity index is 1.35. The molecule has 0 aliphatic carbocycles. The Kier molecular flexibility index (Phi) is 8.40. The van der Waals surface area contributed by atoms with Crippen LogP contribution < -0.4 is 19.8 Å². The lowest BCUT2D eigenvalue weighted by molar-refractivity contribution is -0.114. The first-order chi connectivity index (χ1) is 17.3. The lowest BCUT2D eigenvalue weighted by atomic mass is 10.2. The molecular formula is C27H30ClN5O2S. The maximum atomic E-state index is 12.7. The average Bonchev–Trinajstić information content (AvgIpc) is 3.32. The van der Waals surface area contributed by atoms with Crippen molar-refractivity contribution < 1.29 is 9.59 Å². The topological polar surface area (TPSA) is 67.9 Å². The van der Waals surface area contributed by atoms with Crippen molar-refractivity contribution in [3.8, 4) is 0 Å². The zero-order valence-electron chi connectivity index (χ0n) is 20.3. The largest absolute Gasteiger partial charge is 0.369 e. The zero-order valence-corrected chi connectivity index (χ0v) is 22.0. The fourth-order valence-corrected chi connectivity index (χ4v) is 4.86. The van der Waals surface area contributed by atoms with Gasteiger partial charge in [-0.25, -0.2) is 9.10 Å². The monoisotopic (exact) mass is 523 g/mol. The summed E-state index contributed by atoms with van der Waals surface area (Å²) in [6.07, 6.45) is 1.06. The summed E-state index contributed by atoms with van der Waals surface area (Å²) in [4.78, 5) is 28.6. The van der Waals surface area contributed by atoms with Gasteiger partial charge in [0.15, 0.2) is 0 Å². The normalized spacial score (nSPS) is 15.4. The van der Waals surface area contributed by atoms with E-state index < -0.39 is 6.03 Å². The van der Waals surface area contributed by atoms with Gasteiger partial charge in [0.05, 0.1) is 16.4 Å². The molecule has 2 N–H and O–H groups in total. The molecule has 4 rings (SSSR count). The molecule has 3 aromatic carbocycles. The van der Waals surface area contributed by atoms with E-state index >= 15 is 0 Å². The van der Waals surface area contributed by atoms with Gasteiger partial charge < -0.3 is 15.5 Å². The van der Waals surface area contributed by atoms with E-state index in [-0.39, 0.29) is 5.91 Å². The minimum absolute atomic E-state index is 0.161. The number of benzene rings is 3. The number of nitrogens with one attached hydrogen (secondary N) is 2. The average molecular weight is 524 g/mol. The van der Waals surface area contributed by atoms with E-state index in [9.17, 15) is 9.59 Å². The number of hydrogen-bond donors (Lipinski definition) is 3. The molecule has 7 nitrogen and oxygen atoms in total. The van der Waals surface area contributed by atoms with Gasteiger partial charge in [0.25, 0.3) is 0 Å². The molecule has 1 heterocycles. The minimum Gasteiger partial charge on any atom is -0.369 e. The third-order valence-electron chi connectivity index (χ3n) is 6.25. The van der Waals surface area contributed by atoms with Crippen LogP contribution in [0.4, 0.5) is 27.5 Å². The first-order valence-corrected chi connectivity index (χ1v) is 12.5. The summed E-state index contributed by atoms with van der Waals surface area (Å²) in [5, 5.41) is 6.09. The molecule has 0 bridgehead atoms. The lowest BCUT2D eigenvalue weighted by Gasteiger charge is -2.28. The number of thiol groups is 1. The Morgan fingerprint density at radius 1 is 1.03 bits per heavy atom. The molecule has 1 unspecified atom stereocenters. The molecule has 1 aliphatic rings. The molecule has 188 valence electrons. The fraction of sp³-hybridized carbons (Fsp3) is 0.259. The fourth-order valence-electron chi connectivity index (χ4n) is 4.36. The molecule has 1 aliphatic heterocycles. The number of halogens is 1.